The molecule has 1 N–H and O–H groups in total. The minimum atomic E-state index is -6.50. The van der Waals surface area contributed by atoms with Crippen LogP contribution in [0.3, 0.4) is 0 Å². The standard InChI is InChI=1S/C11H8F8INO4S/c1-24-7-4-2-6(3-5-7)21-26(22,23)11(18,19)10(16,17)25-9(14,15)8(12,13)20/h2-5,21H,1H3. The Balaban J connectivity index is 3.15. The Morgan fingerprint density at radius 2 is 1.38 bits per heavy atom. The highest BCUT2D eigenvalue weighted by Gasteiger charge is 2.73. The average molecular weight is 529 g/mol. The van der Waals surface area contributed by atoms with Crippen molar-refractivity contribution in [1.82, 2.24) is 0 Å². The number of nitrogens with one attached hydrogen (secondary N) is 1. The maximum Gasteiger partial charge on any atom is 0.453 e. The number of methoxy groups -OCH3 is 1. The number of anilines is 1. The minimum absolute atomic E-state index is 0.150. The molecule has 0 saturated heterocycles. The van der Waals surface area contributed by atoms with Crippen LogP contribution in [-0.2, 0) is 14.8 Å². The van der Waals surface area contributed by atoms with Gasteiger partial charge in [-0.1, -0.05) is 0 Å². The lowest BCUT2D eigenvalue weighted by molar-refractivity contribution is -0.438. The summed E-state index contributed by atoms with van der Waals surface area (Å²) in [5, 5.41) is -6.33. The van der Waals surface area contributed by atoms with Crippen LogP contribution in [0.5, 0.6) is 5.75 Å². The fourth-order valence-corrected chi connectivity index (χ4v) is 2.35. The predicted octanol–water partition coefficient (Wildman–Crippen LogP) is 4.26. The molecular formula is C11H8F8INO4S. The third kappa shape index (κ3) is 4.59. The van der Waals surface area contributed by atoms with E-state index in [1.807, 2.05) is 0 Å². The first-order valence-corrected chi connectivity index (χ1v) is 8.60. The second kappa shape index (κ2) is 7.14. The summed E-state index contributed by atoms with van der Waals surface area (Å²) in [7, 11) is -5.17. The van der Waals surface area contributed by atoms with E-state index in [4.69, 9.17) is 0 Å². The Labute approximate surface area is 154 Å². The van der Waals surface area contributed by atoms with Crippen molar-refractivity contribution < 1.29 is 53.0 Å². The molecule has 1 rings (SSSR count). The molecule has 0 saturated carbocycles. The van der Waals surface area contributed by atoms with Crippen molar-refractivity contribution in [2.45, 2.75) is 21.4 Å². The molecular weight excluding hydrogens is 521 g/mol. The van der Waals surface area contributed by atoms with Crippen LogP contribution >= 0.6 is 22.6 Å². The van der Waals surface area contributed by atoms with E-state index in [-0.39, 0.29) is 28.3 Å². The van der Waals surface area contributed by atoms with Crippen LogP contribution < -0.4 is 9.46 Å². The Bertz CT molecular complexity index is 736. The number of alkyl halides is 9. The minimum Gasteiger partial charge on any atom is -0.497 e. The van der Waals surface area contributed by atoms with E-state index in [0.717, 1.165) is 29.0 Å². The van der Waals surface area contributed by atoms with E-state index in [2.05, 4.69) is 9.47 Å². The van der Waals surface area contributed by atoms with Crippen LogP contribution in [0.2, 0.25) is 0 Å². The monoisotopic (exact) mass is 529 g/mol. The van der Waals surface area contributed by atoms with Gasteiger partial charge in [0.25, 0.3) is 0 Å². The van der Waals surface area contributed by atoms with E-state index < -0.39 is 37.1 Å². The van der Waals surface area contributed by atoms with E-state index in [1.165, 1.54) is 7.11 Å². The Hall–Kier alpha value is -1.10. The van der Waals surface area contributed by atoms with Gasteiger partial charge in [0, 0.05) is 28.3 Å². The molecule has 5 nitrogen and oxygen atoms in total. The van der Waals surface area contributed by atoms with Gasteiger partial charge in [0.2, 0.25) is 0 Å². The zero-order chi connectivity index (χ0) is 20.6. The van der Waals surface area contributed by atoms with E-state index in [1.54, 1.807) is 0 Å². The van der Waals surface area contributed by atoms with Crippen molar-refractivity contribution in [2.24, 2.45) is 0 Å². The lowest BCUT2D eigenvalue weighted by Crippen LogP contribution is -2.56. The molecule has 0 radical (unpaired) electrons. The maximum atomic E-state index is 13.6. The molecule has 0 heterocycles. The number of rotatable bonds is 8. The Morgan fingerprint density at radius 3 is 1.77 bits per heavy atom. The lowest BCUT2D eigenvalue weighted by atomic mass is 10.3. The average Bonchev–Trinajstić information content (AvgIpc) is 2.45. The van der Waals surface area contributed by atoms with Gasteiger partial charge in [-0.3, -0.25) is 4.72 Å². The molecule has 0 bridgehead atoms. The summed E-state index contributed by atoms with van der Waals surface area (Å²) >= 11 is -0.330. The molecule has 1 aromatic carbocycles. The second-order valence-electron chi connectivity index (χ2n) is 4.48. The summed E-state index contributed by atoms with van der Waals surface area (Å²) in [5.74, 6) is 0.150. The smallest absolute Gasteiger partial charge is 0.453 e. The van der Waals surface area contributed by atoms with E-state index in [0.29, 0.717) is 0 Å². The van der Waals surface area contributed by atoms with Gasteiger partial charge < -0.3 is 4.74 Å². The van der Waals surface area contributed by atoms with Crippen LogP contribution in [0.15, 0.2) is 24.3 Å². The van der Waals surface area contributed by atoms with Crippen LogP contribution in [0, 0.1) is 0 Å². The van der Waals surface area contributed by atoms with Crippen molar-refractivity contribution in [2.75, 3.05) is 11.8 Å². The Morgan fingerprint density at radius 1 is 0.923 bits per heavy atom. The molecule has 0 aromatic heterocycles. The van der Waals surface area contributed by atoms with Crippen molar-refractivity contribution in [3.05, 3.63) is 24.3 Å². The van der Waals surface area contributed by atoms with Crippen LogP contribution in [0.4, 0.5) is 40.8 Å². The van der Waals surface area contributed by atoms with Crippen molar-refractivity contribution in [3.8, 4) is 5.75 Å². The summed E-state index contributed by atoms with van der Waals surface area (Å²) in [5.41, 5.74) is -0.660. The third-order valence-corrected chi connectivity index (χ3v) is 4.65. The van der Waals surface area contributed by atoms with Crippen LogP contribution in [0.25, 0.3) is 0 Å². The van der Waals surface area contributed by atoms with Gasteiger partial charge >= 0.3 is 31.4 Å². The summed E-state index contributed by atoms with van der Waals surface area (Å²) in [6.07, 6.45) is -12.6. The molecule has 150 valence electrons. The Kier molecular flexibility index (Phi) is 6.30. The largest absolute Gasteiger partial charge is 0.497 e. The fourth-order valence-electron chi connectivity index (χ4n) is 1.31. The molecule has 0 spiro atoms. The quantitative estimate of drug-likeness (QED) is 0.311. The number of hydrogen-bond acceptors (Lipinski definition) is 4. The molecule has 15 heteroatoms. The van der Waals surface area contributed by atoms with Gasteiger partial charge in [-0.2, -0.15) is 43.5 Å². The predicted molar refractivity (Wildman–Crippen MR) is 80.4 cm³/mol. The molecule has 0 amide bonds. The van der Waals surface area contributed by atoms with Crippen molar-refractivity contribution in [1.29, 1.82) is 0 Å². The molecule has 0 aliphatic rings. The maximum absolute atomic E-state index is 13.6. The molecule has 0 aliphatic heterocycles. The highest BCUT2D eigenvalue weighted by atomic mass is 127. The van der Waals surface area contributed by atoms with E-state index >= 15 is 0 Å². The molecule has 0 atom stereocenters. The summed E-state index contributed by atoms with van der Waals surface area (Å²) in [4.78, 5) is 0. The molecule has 26 heavy (non-hydrogen) atoms. The van der Waals surface area contributed by atoms with Gasteiger partial charge in [0.05, 0.1) is 7.11 Å². The lowest BCUT2D eigenvalue weighted by Gasteiger charge is -2.30. The number of halogens is 9. The van der Waals surface area contributed by atoms with Gasteiger partial charge in [-0.15, -0.1) is 0 Å². The molecule has 0 unspecified atom stereocenters. The highest BCUT2D eigenvalue weighted by Crippen LogP contribution is 2.49. The number of sulfonamides is 1. The third-order valence-electron chi connectivity index (χ3n) is 2.60. The van der Waals surface area contributed by atoms with Crippen molar-refractivity contribution >= 4 is 38.3 Å². The molecule has 0 aliphatic carbocycles. The SMILES string of the molecule is COc1ccc(NS(=O)(=O)C(F)(F)C(F)(F)OC(F)(F)C(F)(F)I)cc1. The zero-order valence-corrected chi connectivity index (χ0v) is 15.2. The fraction of sp³-hybridized carbons (Fsp3) is 0.455. The first-order valence-electron chi connectivity index (χ1n) is 6.03. The zero-order valence-electron chi connectivity index (χ0n) is 12.3. The highest BCUT2D eigenvalue weighted by molar-refractivity contribution is 14.1. The van der Waals surface area contributed by atoms with Crippen molar-refractivity contribution in [3.63, 3.8) is 0 Å². The summed E-state index contributed by atoms with van der Waals surface area (Å²) in [6, 6.07) is 3.79. The molecule has 0 fully saturated rings. The van der Waals surface area contributed by atoms with Crippen LogP contribution in [-0.4, -0.2) is 36.9 Å². The second-order valence-corrected chi connectivity index (χ2v) is 7.56. The van der Waals surface area contributed by atoms with Gasteiger partial charge in [-0.05, 0) is 24.3 Å². The normalized spacial score (nSPS) is 14.2. The topological polar surface area (TPSA) is 64.6 Å². The van der Waals surface area contributed by atoms with Gasteiger partial charge in [0.1, 0.15) is 5.75 Å². The number of hydrogen-bond donors (Lipinski definition) is 1. The summed E-state index contributed by atoms with van der Waals surface area (Å²) < 4.78 is 130. The first kappa shape index (κ1) is 22.9. The number of ether oxygens (including phenoxy) is 2. The van der Waals surface area contributed by atoms with E-state index in [9.17, 15) is 43.5 Å². The summed E-state index contributed by atoms with van der Waals surface area (Å²) in [6.45, 7) is 0. The van der Waals surface area contributed by atoms with Gasteiger partial charge in [0.15, 0.2) is 0 Å². The van der Waals surface area contributed by atoms with Crippen LogP contribution in [0.1, 0.15) is 0 Å². The van der Waals surface area contributed by atoms with Gasteiger partial charge in [-0.25, -0.2) is 4.74 Å². The first-order chi connectivity index (χ1) is 11.5. The number of benzene rings is 1. The molecule has 1 aromatic rings.